The minimum Gasteiger partial charge on any atom is -0.506 e. The number of halogens is 1. The summed E-state index contributed by atoms with van der Waals surface area (Å²) in [5.41, 5.74) is 6.55. The molecule has 1 aromatic rings. The molecule has 5 heteroatoms. The molecular weight excluding hydrogens is 264 g/mol. The van der Waals surface area contributed by atoms with Crippen molar-refractivity contribution in [1.29, 1.82) is 0 Å². The Morgan fingerprint density at radius 2 is 2.32 bits per heavy atom. The molecule has 2 rings (SSSR count). The molecule has 1 aromatic carbocycles. The predicted octanol–water partition coefficient (Wildman–Crippen LogP) is 2.24. The van der Waals surface area contributed by atoms with Crippen molar-refractivity contribution in [1.82, 2.24) is 4.90 Å². The van der Waals surface area contributed by atoms with Gasteiger partial charge in [-0.05, 0) is 30.5 Å². The predicted molar refractivity (Wildman–Crippen MR) is 75.4 cm³/mol. The molecule has 3 N–H and O–H groups in total. The van der Waals surface area contributed by atoms with E-state index >= 15 is 0 Å². The number of rotatable bonds is 2. The third-order valence-electron chi connectivity index (χ3n) is 3.80. The van der Waals surface area contributed by atoms with Gasteiger partial charge < -0.3 is 15.7 Å². The Hall–Kier alpha value is -1.26. The van der Waals surface area contributed by atoms with E-state index in [0.29, 0.717) is 24.6 Å². The summed E-state index contributed by atoms with van der Waals surface area (Å²) in [6, 6.07) is 4.73. The van der Waals surface area contributed by atoms with Gasteiger partial charge in [0.25, 0.3) is 5.91 Å². The highest BCUT2D eigenvalue weighted by atomic mass is 35.5. The molecule has 2 unspecified atom stereocenters. The van der Waals surface area contributed by atoms with Crippen molar-refractivity contribution >= 4 is 17.5 Å². The van der Waals surface area contributed by atoms with Gasteiger partial charge >= 0.3 is 0 Å². The summed E-state index contributed by atoms with van der Waals surface area (Å²) in [4.78, 5) is 14.2. The molecule has 4 nitrogen and oxygen atoms in total. The zero-order valence-corrected chi connectivity index (χ0v) is 11.7. The monoisotopic (exact) mass is 282 g/mol. The minimum atomic E-state index is -0.0488. The Balaban J connectivity index is 2.13. The first kappa shape index (κ1) is 14.2. The van der Waals surface area contributed by atoms with Crippen LogP contribution in [0, 0.1) is 5.92 Å². The van der Waals surface area contributed by atoms with Crippen LogP contribution in [0.25, 0.3) is 0 Å². The number of carbonyl (C=O) groups is 1. The first-order valence-electron chi connectivity index (χ1n) is 6.56. The summed E-state index contributed by atoms with van der Waals surface area (Å²) in [6.07, 6.45) is 1.80. The van der Waals surface area contributed by atoms with Crippen LogP contribution in [-0.2, 0) is 0 Å². The fourth-order valence-electron chi connectivity index (χ4n) is 2.49. The van der Waals surface area contributed by atoms with Crippen LogP contribution in [-0.4, -0.2) is 35.0 Å². The molecule has 0 aliphatic carbocycles. The zero-order chi connectivity index (χ0) is 14.0. The fourth-order valence-corrected chi connectivity index (χ4v) is 2.67. The van der Waals surface area contributed by atoms with E-state index in [1.54, 1.807) is 6.07 Å². The first-order chi connectivity index (χ1) is 9.02. The van der Waals surface area contributed by atoms with Gasteiger partial charge in [-0.2, -0.15) is 0 Å². The van der Waals surface area contributed by atoms with Gasteiger partial charge in [0.1, 0.15) is 5.75 Å². The lowest BCUT2D eigenvalue weighted by Gasteiger charge is -2.36. The van der Waals surface area contributed by atoms with Crippen LogP contribution in [0.3, 0.4) is 0 Å². The molecule has 0 aromatic heterocycles. The van der Waals surface area contributed by atoms with Crippen LogP contribution in [0.15, 0.2) is 18.2 Å². The second-order valence-corrected chi connectivity index (χ2v) is 5.45. The van der Waals surface area contributed by atoms with Gasteiger partial charge in [-0.15, -0.1) is 0 Å². The summed E-state index contributed by atoms with van der Waals surface area (Å²) in [5, 5.41) is 9.58. The number of hydrogen-bond donors (Lipinski definition) is 2. The lowest BCUT2D eigenvalue weighted by atomic mass is 9.90. The van der Waals surface area contributed by atoms with Gasteiger partial charge in [-0.1, -0.05) is 24.9 Å². The second-order valence-electron chi connectivity index (χ2n) is 5.04. The maximum atomic E-state index is 12.4. The summed E-state index contributed by atoms with van der Waals surface area (Å²) >= 11 is 5.84. The molecule has 1 saturated heterocycles. The van der Waals surface area contributed by atoms with Gasteiger partial charge in [0.15, 0.2) is 0 Å². The van der Waals surface area contributed by atoms with E-state index in [9.17, 15) is 9.90 Å². The highest BCUT2D eigenvalue weighted by molar-refractivity contribution is 6.32. The number of phenolic OH excluding ortho intramolecular Hbond substituents is 1. The van der Waals surface area contributed by atoms with Crippen molar-refractivity contribution in [3.05, 3.63) is 28.8 Å². The highest BCUT2D eigenvalue weighted by Crippen LogP contribution is 2.26. The Labute approximate surface area is 118 Å². The van der Waals surface area contributed by atoms with E-state index < -0.39 is 0 Å². The van der Waals surface area contributed by atoms with Crippen molar-refractivity contribution in [2.24, 2.45) is 11.7 Å². The molecule has 0 radical (unpaired) electrons. The molecule has 104 valence electrons. The highest BCUT2D eigenvalue weighted by Gasteiger charge is 2.28. The molecule has 1 heterocycles. The standard InChI is InChI=1S/C14H19ClN2O2/c1-2-9-8-17(6-5-12(9)16)14(19)10-3-4-13(18)11(15)7-10/h3-4,7,9,12,18H,2,5-6,8,16H2,1H3. The molecule has 1 aliphatic rings. The third kappa shape index (κ3) is 3.01. The Bertz CT molecular complexity index is 479. The largest absolute Gasteiger partial charge is 0.506 e. The number of nitrogens with zero attached hydrogens (tertiary/aromatic N) is 1. The number of aromatic hydroxyl groups is 1. The van der Waals surface area contributed by atoms with Gasteiger partial charge in [0.2, 0.25) is 0 Å². The van der Waals surface area contributed by atoms with E-state index in [4.69, 9.17) is 17.3 Å². The third-order valence-corrected chi connectivity index (χ3v) is 4.10. The van der Waals surface area contributed by atoms with Crippen LogP contribution in [0.4, 0.5) is 0 Å². The summed E-state index contributed by atoms with van der Waals surface area (Å²) in [5.74, 6) is 0.294. The van der Waals surface area contributed by atoms with Crippen LogP contribution < -0.4 is 5.73 Å². The van der Waals surface area contributed by atoms with Crippen LogP contribution >= 0.6 is 11.6 Å². The minimum absolute atomic E-state index is 0.00897. The quantitative estimate of drug-likeness (QED) is 0.874. The average Bonchev–Trinajstić information content (AvgIpc) is 2.41. The number of piperidine rings is 1. The summed E-state index contributed by atoms with van der Waals surface area (Å²) in [7, 11) is 0. The molecule has 0 bridgehead atoms. The number of phenols is 1. The van der Waals surface area contributed by atoms with Crippen LogP contribution in [0.2, 0.25) is 5.02 Å². The number of likely N-dealkylation sites (tertiary alicyclic amines) is 1. The topological polar surface area (TPSA) is 66.6 Å². The van der Waals surface area contributed by atoms with Crippen molar-refractivity contribution in [2.45, 2.75) is 25.8 Å². The van der Waals surface area contributed by atoms with Crippen LogP contribution in [0.5, 0.6) is 5.75 Å². The van der Waals surface area contributed by atoms with E-state index in [2.05, 4.69) is 6.92 Å². The van der Waals surface area contributed by atoms with Gasteiger partial charge in [0, 0.05) is 24.7 Å². The maximum absolute atomic E-state index is 12.4. The lowest BCUT2D eigenvalue weighted by Crippen LogP contribution is -2.49. The molecule has 19 heavy (non-hydrogen) atoms. The Morgan fingerprint density at radius 1 is 1.58 bits per heavy atom. The zero-order valence-electron chi connectivity index (χ0n) is 11.0. The smallest absolute Gasteiger partial charge is 0.253 e. The van der Waals surface area contributed by atoms with Crippen molar-refractivity contribution in [3.8, 4) is 5.75 Å². The number of amides is 1. The summed E-state index contributed by atoms with van der Waals surface area (Å²) < 4.78 is 0. The number of carbonyl (C=O) groups excluding carboxylic acids is 1. The Morgan fingerprint density at radius 3 is 2.95 bits per heavy atom. The van der Waals surface area contributed by atoms with Gasteiger partial charge in [-0.25, -0.2) is 0 Å². The molecule has 2 atom stereocenters. The first-order valence-corrected chi connectivity index (χ1v) is 6.94. The molecular formula is C14H19ClN2O2. The van der Waals surface area contributed by atoms with E-state index in [0.717, 1.165) is 12.8 Å². The molecule has 0 spiro atoms. The summed E-state index contributed by atoms with van der Waals surface area (Å²) in [6.45, 7) is 3.46. The second kappa shape index (κ2) is 5.80. The van der Waals surface area contributed by atoms with Crippen LogP contribution in [0.1, 0.15) is 30.1 Å². The fraction of sp³-hybridized carbons (Fsp3) is 0.500. The van der Waals surface area contributed by atoms with Crippen molar-refractivity contribution in [3.63, 3.8) is 0 Å². The maximum Gasteiger partial charge on any atom is 0.253 e. The van der Waals surface area contributed by atoms with E-state index in [1.165, 1.54) is 12.1 Å². The molecule has 1 aliphatic heterocycles. The van der Waals surface area contributed by atoms with E-state index in [-0.39, 0.29) is 22.7 Å². The van der Waals surface area contributed by atoms with Crippen molar-refractivity contribution < 1.29 is 9.90 Å². The van der Waals surface area contributed by atoms with E-state index in [1.807, 2.05) is 4.90 Å². The SMILES string of the molecule is CCC1CN(C(=O)c2ccc(O)c(Cl)c2)CCC1N. The normalized spacial score (nSPS) is 23.4. The number of nitrogens with two attached hydrogens (primary N) is 1. The number of hydrogen-bond acceptors (Lipinski definition) is 3. The molecule has 1 amide bonds. The number of benzene rings is 1. The molecule has 1 fully saturated rings. The van der Waals surface area contributed by atoms with Gasteiger partial charge in [0.05, 0.1) is 5.02 Å². The van der Waals surface area contributed by atoms with Gasteiger partial charge in [-0.3, -0.25) is 4.79 Å². The lowest BCUT2D eigenvalue weighted by molar-refractivity contribution is 0.0649. The Kier molecular flexibility index (Phi) is 4.32. The van der Waals surface area contributed by atoms with Crippen molar-refractivity contribution in [2.75, 3.05) is 13.1 Å². The average molecular weight is 283 g/mol. The molecule has 0 saturated carbocycles.